The first-order valence-electron chi connectivity index (χ1n) is 8.01. The van der Waals surface area contributed by atoms with Gasteiger partial charge in [-0.05, 0) is 43.3 Å². The van der Waals surface area contributed by atoms with Crippen LogP contribution in [-0.2, 0) is 7.05 Å². The van der Waals surface area contributed by atoms with E-state index in [-0.39, 0.29) is 16.8 Å². The Labute approximate surface area is 150 Å². The summed E-state index contributed by atoms with van der Waals surface area (Å²) < 4.78 is 7.00. The summed E-state index contributed by atoms with van der Waals surface area (Å²) in [4.78, 5) is 36.6. The molecule has 1 aromatic heterocycles. The molecule has 0 aliphatic heterocycles. The van der Waals surface area contributed by atoms with Crippen LogP contribution in [0, 0.1) is 0 Å². The number of ether oxygens (including phenoxy) is 1. The van der Waals surface area contributed by atoms with Crippen molar-refractivity contribution in [1.29, 1.82) is 0 Å². The van der Waals surface area contributed by atoms with Crippen LogP contribution in [0.5, 0.6) is 5.75 Å². The first kappa shape index (κ1) is 17.4. The molecule has 0 fully saturated rings. The van der Waals surface area contributed by atoms with E-state index in [2.05, 4.69) is 5.32 Å². The Kier molecular flexibility index (Phi) is 4.58. The van der Waals surface area contributed by atoms with Gasteiger partial charge < -0.3 is 14.6 Å². The highest BCUT2D eigenvalue weighted by Gasteiger charge is 2.16. The number of methoxy groups -OCH3 is 1. The molecule has 6 heteroatoms. The van der Waals surface area contributed by atoms with Crippen LogP contribution in [-0.4, -0.2) is 23.4 Å². The first-order chi connectivity index (χ1) is 12.4. The van der Waals surface area contributed by atoms with Gasteiger partial charge in [-0.2, -0.15) is 0 Å². The number of hydrogen-bond donors (Lipinski definition) is 1. The monoisotopic (exact) mass is 350 g/mol. The van der Waals surface area contributed by atoms with E-state index in [1.165, 1.54) is 20.2 Å². The standard InChI is InChI=1S/C20H18N2O4/c1-12(23)13-7-9-14(10-8-13)21-20(25)16-11-22(2)18-15(19(16)24)5-4-6-17(18)26-3/h4-11H,1-3H3,(H,21,25). The first-order valence-corrected chi connectivity index (χ1v) is 8.01. The normalized spacial score (nSPS) is 10.6. The van der Waals surface area contributed by atoms with Crippen LogP contribution >= 0.6 is 0 Å². The van der Waals surface area contributed by atoms with Gasteiger partial charge in [0.15, 0.2) is 5.78 Å². The van der Waals surface area contributed by atoms with Crippen LogP contribution in [0.3, 0.4) is 0 Å². The van der Waals surface area contributed by atoms with Crippen molar-refractivity contribution in [2.45, 2.75) is 6.92 Å². The Morgan fingerprint density at radius 1 is 1.08 bits per heavy atom. The number of aromatic nitrogens is 1. The third kappa shape index (κ3) is 3.09. The number of ketones is 1. The highest BCUT2D eigenvalue weighted by Crippen LogP contribution is 2.23. The van der Waals surface area contributed by atoms with Gasteiger partial charge in [0, 0.05) is 24.5 Å². The van der Waals surface area contributed by atoms with E-state index in [0.29, 0.717) is 27.9 Å². The van der Waals surface area contributed by atoms with E-state index in [4.69, 9.17) is 4.74 Å². The van der Waals surface area contributed by atoms with Gasteiger partial charge in [-0.3, -0.25) is 14.4 Å². The minimum atomic E-state index is -0.508. The number of amides is 1. The van der Waals surface area contributed by atoms with Gasteiger partial charge >= 0.3 is 0 Å². The minimum Gasteiger partial charge on any atom is -0.495 e. The summed E-state index contributed by atoms with van der Waals surface area (Å²) in [7, 11) is 3.29. The number of aryl methyl sites for hydroxylation is 1. The molecule has 1 amide bonds. The molecule has 0 saturated carbocycles. The maximum absolute atomic E-state index is 12.7. The Hall–Kier alpha value is -3.41. The summed E-state index contributed by atoms with van der Waals surface area (Å²) in [6.07, 6.45) is 1.49. The van der Waals surface area contributed by atoms with Crippen molar-refractivity contribution in [2.24, 2.45) is 7.05 Å². The molecular weight excluding hydrogens is 332 g/mol. The number of hydrogen-bond acceptors (Lipinski definition) is 4. The van der Waals surface area contributed by atoms with Crippen molar-refractivity contribution in [3.8, 4) is 5.75 Å². The number of nitrogens with zero attached hydrogens (tertiary/aromatic N) is 1. The van der Waals surface area contributed by atoms with Crippen molar-refractivity contribution in [3.05, 3.63) is 70.0 Å². The molecule has 0 aliphatic rings. The molecule has 0 atom stereocenters. The lowest BCUT2D eigenvalue weighted by Crippen LogP contribution is -2.23. The largest absolute Gasteiger partial charge is 0.495 e. The van der Waals surface area contributed by atoms with Crippen molar-refractivity contribution >= 4 is 28.3 Å². The van der Waals surface area contributed by atoms with E-state index in [0.717, 1.165) is 0 Å². The van der Waals surface area contributed by atoms with Crippen LogP contribution in [0.4, 0.5) is 5.69 Å². The number of Topliss-reactive ketones (excluding diaryl/α,β-unsaturated/α-hetero) is 1. The lowest BCUT2D eigenvalue weighted by Gasteiger charge is -2.12. The van der Waals surface area contributed by atoms with Gasteiger partial charge in [0.1, 0.15) is 11.3 Å². The topological polar surface area (TPSA) is 77.4 Å². The fourth-order valence-corrected chi connectivity index (χ4v) is 2.84. The molecule has 0 spiro atoms. The van der Waals surface area contributed by atoms with Crippen molar-refractivity contribution in [1.82, 2.24) is 4.57 Å². The number of carbonyl (C=O) groups excluding carboxylic acids is 2. The second kappa shape index (κ2) is 6.84. The van der Waals surface area contributed by atoms with E-state index in [1.807, 2.05) is 0 Å². The third-order valence-corrected chi connectivity index (χ3v) is 4.18. The van der Waals surface area contributed by atoms with Crippen LogP contribution in [0.2, 0.25) is 0 Å². The van der Waals surface area contributed by atoms with Crippen LogP contribution in [0.1, 0.15) is 27.6 Å². The van der Waals surface area contributed by atoms with E-state index in [1.54, 1.807) is 54.1 Å². The molecule has 3 aromatic rings. The molecule has 0 saturated heterocycles. The molecule has 0 radical (unpaired) electrons. The molecule has 0 bridgehead atoms. The zero-order chi connectivity index (χ0) is 18.8. The highest BCUT2D eigenvalue weighted by atomic mass is 16.5. The van der Waals surface area contributed by atoms with Gasteiger partial charge in [-0.25, -0.2) is 0 Å². The quantitative estimate of drug-likeness (QED) is 0.734. The van der Waals surface area contributed by atoms with Crippen LogP contribution < -0.4 is 15.5 Å². The predicted molar refractivity (Wildman–Crippen MR) is 100 cm³/mol. The maximum atomic E-state index is 12.7. The summed E-state index contributed by atoms with van der Waals surface area (Å²) >= 11 is 0. The molecule has 26 heavy (non-hydrogen) atoms. The average molecular weight is 350 g/mol. The molecule has 1 heterocycles. The Morgan fingerprint density at radius 2 is 1.77 bits per heavy atom. The predicted octanol–water partition coefficient (Wildman–Crippen LogP) is 3.00. The number of fused-ring (bicyclic) bond motifs is 1. The molecule has 1 N–H and O–H groups in total. The van der Waals surface area contributed by atoms with E-state index >= 15 is 0 Å². The highest BCUT2D eigenvalue weighted by molar-refractivity contribution is 6.06. The number of rotatable bonds is 4. The zero-order valence-electron chi connectivity index (χ0n) is 14.7. The maximum Gasteiger partial charge on any atom is 0.261 e. The van der Waals surface area contributed by atoms with Crippen LogP contribution in [0.15, 0.2) is 53.5 Å². The fraction of sp³-hybridized carbons (Fsp3) is 0.150. The average Bonchev–Trinajstić information content (AvgIpc) is 2.64. The minimum absolute atomic E-state index is 0.0314. The van der Waals surface area contributed by atoms with Gasteiger partial charge in [-0.15, -0.1) is 0 Å². The van der Waals surface area contributed by atoms with Crippen molar-refractivity contribution in [2.75, 3.05) is 12.4 Å². The van der Waals surface area contributed by atoms with Crippen LogP contribution in [0.25, 0.3) is 10.9 Å². The van der Waals surface area contributed by atoms with E-state index in [9.17, 15) is 14.4 Å². The molecule has 3 rings (SSSR count). The molecule has 0 aliphatic carbocycles. The lowest BCUT2D eigenvalue weighted by molar-refractivity contribution is 0.101. The van der Waals surface area contributed by atoms with Crippen molar-refractivity contribution < 1.29 is 14.3 Å². The third-order valence-electron chi connectivity index (χ3n) is 4.18. The van der Waals surface area contributed by atoms with Gasteiger partial charge in [0.05, 0.1) is 18.0 Å². The summed E-state index contributed by atoms with van der Waals surface area (Å²) in [5.41, 5.74) is 1.35. The lowest BCUT2D eigenvalue weighted by atomic mass is 10.1. The van der Waals surface area contributed by atoms with Gasteiger partial charge in [-0.1, -0.05) is 6.07 Å². The summed E-state index contributed by atoms with van der Waals surface area (Å²) in [6.45, 7) is 1.47. The number of nitrogens with one attached hydrogen (secondary N) is 1. The number of anilines is 1. The van der Waals surface area contributed by atoms with Gasteiger partial charge in [0.2, 0.25) is 5.43 Å². The Bertz CT molecular complexity index is 1070. The molecule has 132 valence electrons. The SMILES string of the molecule is COc1cccc2c(=O)c(C(=O)Nc3ccc(C(C)=O)cc3)cn(C)c12. The number of carbonyl (C=O) groups is 2. The molecule has 2 aromatic carbocycles. The number of para-hydroxylation sites is 1. The van der Waals surface area contributed by atoms with E-state index < -0.39 is 5.91 Å². The Morgan fingerprint density at radius 3 is 2.38 bits per heavy atom. The molecule has 0 unspecified atom stereocenters. The summed E-state index contributed by atoms with van der Waals surface area (Å²) in [5, 5.41) is 3.10. The van der Waals surface area contributed by atoms with Crippen molar-refractivity contribution in [3.63, 3.8) is 0 Å². The molecular formula is C20H18N2O4. The van der Waals surface area contributed by atoms with Gasteiger partial charge in [0.25, 0.3) is 5.91 Å². The number of pyridine rings is 1. The molecule has 6 nitrogen and oxygen atoms in total. The Balaban J connectivity index is 2.00. The smallest absolute Gasteiger partial charge is 0.261 e. The zero-order valence-corrected chi connectivity index (χ0v) is 14.7. The fourth-order valence-electron chi connectivity index (χ4n) is 2.84. The summed E-state index contributed by atoms with van der Waals surface area (Å²) in [5.74, 6) is -0.00000289. The number of benzene rings is 2. The second-order valence-corrected chi connectivity index (χ2v) is 5.93. The second-order valence-electron chi connectivity index (χ2n) is 5.93. The summed E-state index contributed by atoms with van der Waals surface area (Å²) in [6, 6.07) is 11.6.